The van der Waals surface area contributed by atoms with Crippen molar-refractivity contribution in [2.45, 2.75) is 25.8 Å². The Hall–Kier alpha value is -1.91. The number of hydrogen-bond acceptors (Lipinski definition) is 2. The molecule has 2 aliphatic rings. The van der Waals surface area contributed by atoms with Crippen molar-refractivity contribution in [3.05, 3.63) is 64.9 Å². The first-order valence-electron chi connectivity index (χ1n) is 9.07. The van der Waals surface area contributed by atoms with Gasteiger partial charge in [-0.2, -0.15) is 0 Å². The number of likely N-dealkylation sites (tertiary alicyclic amines) is 1. The number of amides is 1. The van der Waals surface area contributed by atoms with Crippen molar-refractivity contribution < 1.29 is 9.18 Å². The molecule has 1 N–H and O–H groups in total. The third-order valence-corrected chi connectivity index (χ3v) is 5.98. The van der Waals surface area contributed by atoms with Crippen LogP contribution in [0.4, 0.5) is 10.1 Å². The Bertz CT molecular complexity index is 817. The Kier molecular flexibility index (Phi) is 4.72. The predicted molar refractivity (Wildman–Crippen MR) is 102 cm³/mol. The summed E-state index contributed by atoms with van der Waals surface area (Å²) in [5, 5.41) is 3.64. The first-order valence-corrected chi connectivity index (χ1v) is 9.45. The van der Waals surface area contributed by atoms with Crippen LogP contribution < -0.4 is 5.32 Å². The molecule has 0 bridgehead atoms. The molecule has 1 amide bonds. The van der Waals surface area contributed by atoms with Crippen molar-refractivity contribution in [1.82, 2.24) is 4.90 Å². The largest absolute Gasteiger partial charge is 0.326 e. The second-order valence-electron chi connectivity index (χ2n) is 7.52. The average molecular weight is 373 g/mol. The van der Waals surface area contributed by atoms with Gasteiger partial charge >= 0.3 is 0 Å². The summed E-state index contributed by atoms with van der Waals surface area (Å²) in [5.74, 6) is -0.249. The average Bonchev–Trinajstić information content (AvgIpc) is 3.31. The zero-order valence-corrected chi connectivity index (χ0v) is 15.3. The van der Waals surface area contributed by atoms with Crippen LogP contribution in [0.1, 0.15) is 24.8 Å². The van der Waals surface area contributed by atoms with E-state index in [0.29, 0.717) is 5.69 Å². The van der Waals surface area contributed by atoms with Crippen LogP contribution in [0.3, 0.4) is 0 Å². The number of carbonyl (C=O) groups excluding carboxylic acids is 1. The highest BCUT2D eigenvalue weighted by Crippen LogP contribution is 2.59. The monoisotopic (exact) mass is 372 g/mol. The highest BCUT2D eigenvalue weighted by molar-refractivity contribution is 6.30. The van der Waals surface area contributed by atoms with Crippen molar-refractivity contribution in [3.8, 4) is 0 Å². The maximum Gasteiger partial charge on any atom is 0.228 e. The van der Waals surface area contributed by atoms with Gasteiger partial charge in [-0.15, -0.1) is 0 Å². The van der Waals surface area contributed by atoms with Crippen LogP contribution in [0.5, 0.6) is 0 Å². The van der Waals surface area contributed by atoms with Gasteiger partial charge in [0.25, 0.3) is 0 Å². The number of halogens is 2. The van der Waals surface area contributed by atoms with E-state index in [1.54, 1.807) is 12.1 Å². The Morgan fingerprint density at radius 2 is 1.96 bits per heavy atom. The number of rotatable bonds is 4. The number of nitrogens with one attached hydrogen (secondary N) is 1. The van der Waals surface area contributed by atoms with Crippen LogP contribution in [0.25, 0.3) is 0 Å². The van der Waals surface area contributed by atoms with Crippen LogP contribution in [-0.2, 0) is 11.3 Å². The van der Waals surface area contributed by atoms with Gasteiger partial charge < -0.3 is 5.32 Å². The molecule has 1 heterocycles. The van der Waals surface area contributed by atoms with E-state index in [1.165, 1.54) is 17.7 Å². The number of carbonyl (C=O) groups is 1. The Morgan fingerprint density at radius 3 is 2.69 bits per heavy atom. The quantitative estimate of drug-likeness (QED) is 0.842. The molecule has 1 aliphatic heterocycles. The van der Waals surface area contributed by atoms with Gasteiger partial charge in [-0.3, -0.25) is 9.69 Å². The van der Waals surface area contributed by atoms with Crippen molar-refractivity contribution in [1.29, 1.82) is 0 Å². The molecule has 3 nitrogen and oxygen atoms in total. The van der Waals surface area contributed by atoms with Gasteiger partial charge in [0, 0.05) is 23.2 Å². The molecule has 5 heteroatoms. The van der Waals surface area contributed by atoms with E-state index in [2.05, 4.69) is 16.3 Å². The molecule has 1 atom stereocenters. The fraction of sp³-hybridized carbons (Fsp3) is 0.381. The molecule has 0 radical (unpaired) electrons. The van der Waals surface area contributed by atoms with Crippen LogP contribution in [0, 0.1) is 17.2 Å². The predicted octanol–water partition coefficient (Wildman–Crippen LogP) is 4.72. The van der Waals surface area contributed by atoms with E-state index >= 15 is 0 Å². The first kappa shape index (κ1) is 17.5. The first-order chi connectivity index (χ1) is 12.5. The van der Waals surface area contributed by atoms with Crippen LogP contribution in [0.2, 0.25) is 5.02 Å². The van der Waals surface area contributed by atoms with Gasteiger partial charge in [-0.05, 0) is 73.7 Å². The lowest BCUT2D eigenvalue weighted by atomic mass is 9.90. The lowest BCUT2D eigenvalue weighted by Gasteiger charge is -2.32. The second kappa shape index (κ2) is 7.01. The minimum Gasteiger partial charge on any atom is -0.326 e. The number of nitrogens with zero attached hydrogens (tertiary/aromatic N) is 1. The zero-order chi connectivity index (χ0) is 18.1. The smallest absolute Gasteiger partial charge is 0.228 e. The standard InChI is InChI=1S/C21H22ClFN2O/c22-16-4-1-3-15(11-16)14-25-9-7-21(8-10-25)13-19(21)20(26)24-18-6-2-5-17(23)12-18/h1-6,11-12,19H,7-10,13-14H2,(H,24,26)/t19-/m1/s1. The normalized spacial score (nSPS) is 21.5. The molecule has 2 fully saturated rings. The summed E-state index contributed by atoms with van der Waals surface area (Å²) in [6.07, 6.45) is 3.02. The van der Waals surface area contributed by atoms with Crippen molar-refractivity contribution in [2.75, 3.05) is 18.4 Å². The topological polar surface area (TPSA) is 32.3 Å². The van der Waals surface area contributed by atoms with Gasteiger partial charge in [0.2, 0.25) is 5.91 Å². The molecule has 0 aromatic heterocycles. The molecule has 1 saturated carbocycles. The van der Waals surface area contributed by atoms with Crippen molar-refractivity contribution in [3.63, 3.8) is 0 Å². The summed E-state index contributed by atoms with van der Waals surface area (Å²) in [6, 6.07) is 14.1. The Morgan fingerprint density at radius 1 is 1.19 bits per heavy atom. The minimum atomic E-state index is -0.331. The van der Waals surface area contributed by atoms with Gasteiger partial charge in [-0.1, -0.05) is 29.8 Å². The van der Waals surface area contributed by atoms with E-state index in [9.17, 15) is 9.18 Å². The van der Waals surface area contributed by atoms with Gasteiger partial charge in [-0.25, -0.2) is 4.39 Å². The summed E-state index contributed by atoms with van der Waals surface area (Å²) in [6.45, 7) is 2.89. The third kappa shape index (κ3) is 3.76. The SMILES string of the molecule is O=C(Nc1cccc(F)c1)[C@H]1CC12CCN(Cc1cccc(Cl)c1)CC2. The molecule has 4 rings (SSSR count). The van der Waals surface area contributed by atoms with Gasteiger partial charge in [0.05, 0.1) is 0 Å². The van der Waals surface area contributed by atoms with Crippen molar-refractivity contribution >= 4 is 23.2 Å². The molecule has 136 valence electrons. The molecule has 26 heavy (non-hydrogen) atoms. The molecule has 2 aromatic carbocycles. The fourth-order valence-electron chi connectivity index (χ4n) is 4.12. The molecule has 1 aliphatic carbocycles. The molecular formula is C21H22ClFN2O. The van der Waals surface area contributed by atoms with Gasteiger partial charge in [0.1, 0.15) is 5.82 Å². The maximum atomic E-state index is 13.3. The summed E-state index contributed by atoms with van der Waals surface area (Å²) in [5.41, 5.74) is 1.91. The van der Waals surface area contributed by atoms with E-state index < -0.39 is 0 Å². The van der Waals surface area contributed by atoms with Crippen LogP contribution >= 0.6 is 11.6 Å². The number of benzene rings is 2. The molecule has 2 aromatic rings. The van der Waals surface area contributed by atoms with E-state index in [1.807, 2.05) is 18.2 Å². The fourth-order valence-corrected chi connectivity index (χ4v) is 4.33. The van der Waals surface area contributed by atoms with Crippen molar-refractivity contribution in [2.24, 2.45) is 11.3 Å². The van der Waals surface area contributed by atoms with Crippen LogP contribution in [0.15, 0.2) is 48.5 Å². The van der Waals surface area contributed by atoms with E-state index in [0.717, 1.165) is 43.9 Å². The van der Waals surface area contributed by atoms with Crippen LogP contribution in [-0.4, -0.2) is 23.9 Å². The van der Waals surface area contributed by atoms with Gasteiger partial charge in [0.15, 0.2) is 0 Å². The third-order valence-electron chi connectivity index (χ3n) is 5.75. The van der Waals surface area contributed by atoms with E-state index in [-0.39, 0.29) is 23.1 Å². The Labute approximate surface area is 158 Å². The highest BCUT2D eigenvalue weighted by Gasteiger charge is 2.58. The molecule has 1 spiro atoms. The summed E-state index contributed by atoms with van der Waals surface area (Å²) >= 11 is 6.06. The molecule has 0 unspecified atom stereocenters. The number of anilines is 1. The Balaban J connectivity index is 1.30. The lowest BCUT2D eigenvalue weighted by molar-refractivity contribution is -0.118. The summed E-state index contributed by atoms with van der Waals surface area (Å²) < 4.78 is 13.3. The highest BCUT2D eigenvalue weighted by atomic mass is 35.5. The summed E-state index contributed by atoms with van der Waals surface area (Å²) in [7, 11) is 0. The summed E-state index contributed by atoms with van der Waals surface area (Å²) in [4.78, 5) is 14.9. The maximum absolute atomic E-state index is 13.3. The zero-order valence-electron chi connectivity index (χ0n) is 14.6. The number of hydrogen-bond donors (Lipinski definition) is 1. The number of piperidine rings is 1. The lowest BCUT2D eigenvalue weighted by Crippen LogP contribution is -2.35. The second-order valence-corrected chi connectivity index (χ2v) is 7.96. The minimum absolute atomic E-state index is 0.0268. The molecular weight excluding hydrogens is 351 g/mol. The molecule has 1 saturated heterocycles. The van der Waals surface area contributed by atoms with E-state index in [4.69, 9.17) is 11.6 Å².